The number of carbonyl (C=O) groups excluding carboxylic acids is 1. The molecule has 4 heteroatoms. The van der Waals surface area contributed by atoms with Crippen LogP contribution in [0, 0.1) is 6.92 Å². The minimum atomic E-state index is -0.0486. The smallest absolute Gasteiger partial charge is 0.265 e. The van der Waals surface area contributed by atoms with Crippen molar-refractivity contribution in [3.8, 4) is 0 Å². The molecule has 0 fully saturated rings. The molecule has 0 aliphatic heterocycles. The van der Waals surface area contributed by atoms with E-state index in [1.165, 1.54) is 36.2 Å². The highest BCUT2D eigenvalue weighted by molar-refractivity contribution is 9.11. The number of benzene rings is 1. The van der Waals surface area contributed by atoms with E-state index in [2.05, 4.69) is 40.3 Å². The SMILES string of the molecule is CCCCCc1ccc(NC(=O)c2cc(C)c(Br)s2)cc1. The molecule has 1 aromatic heterocycles. The Bertz CT molecular complexity index is 584. The highest BCUT2D eigenvalue weighted by Crippen LogP contribution is 2.27. The summed E-state index contributed by atoms with van der Waals surface area (Å²) >= 11 is 4.91. The largest absolute Gasteiger partial charge is 0.321 e. The minimum absolute atomic E-state index is 0.0486. The Balaban J connectivity index is 1.95. The molecule has 0 atom stereocenters. The number of halogens is 1. The van der Waals surface area contributed by atoms with E-state index in [4.69, 9.17) is 0 Å². The summed E-state index contributed by atoms with van der Waals surface area (Å²) < 4.78 is 1.01. The molecule has 0 saturated heterocycles. The van der Waals surface area contributed by atoms with Crippen LogP contribution in [0.4, 0.5) is 5.69 Å². The molecular weight excluding hydrogens is 346 g/mol. The van der Waals surface area contributed by atoms with Crippen molar-refractivity contribution < 1.29 is 4.79 Å². The summed E-state index contributed by atoms with van der Waals surface area (Å²) in [4.78, 5) is 12.9. The third-order valence-electron chi connectivity index (χ3n) is 3.36. The molecule has 0 aliphatic rings. The summed E-state index contributed by atoms with van der Waals surface area (Å²) in [5.41, 5.74) is 3.27. The molecule has 2 aromatic rings. The van der Waals surface area contributed by atoms with Crippen LogP contribution in [0.1, 0.15) is 47.0 Å². The summed E-state index contributed by atoms with van der Waals surface area (Å²) in [6.45, 7) is 4.20. The van der Waals surface area contributed by atoms with E-state index in [1.807, 2.05) is 25.1 Å². The Morgan fingerprint density at radius 1 is 1.24 bits per heavy atom. The van der Waals surface area contributed by atoms with Crippen LogP contribution in [0.25, 0.3) is 0 Å². The van der Waals surface area contributed by atoms with Crippen molar-refractivity contribution in [3.63, 3.8) is 0 Å². The van der Waals surface area contributed by atoms with Crippen LogP contribution in [0.15, 0.2) is 34.1 Å². The number of hydrogen-bond donors (Lipinski definition) is 1. The summed E-state index contributed by atoms with van der Waals surface area (Å²) in [6.07, 6.45) is 4.85. The summed E-state index contributed by atoms with van der Waals surface area (Å²) in [6, 6.07) is 10.1. The Hall–Kier alpha value is -1.13. The van der Waals surface area contributed by atoms with Gasteiger partial charge in [-0.25, -0.2) is 0 Å². The van der Waals surface area contributed by atoms with Gasteiger partial charge in [-0.05, 0) is 65.0 Å². The molecule has 2 nitrogen and oxygen atoms in total. The molecule has 21 heavy (non-hydrogen) atoms. The van der Waals surface area contributed by atoms with E-state index < -0.39 is 0 Å². The second-order valence-electron chi connectivity index (χ2n) is 5.18. The van der Waals surface area contributed by atoms with Crippen LogP contribution in [-0.2, 0) is 6.42 Å². The van der Waals surface area contributed by atoms with Gasteiger partial charge in [0.2, 0.25) is 0 Å². The zero-order valence-corrected chi connectivity index (χ0v) is 14.8. The van der Waals surface area contributed by atoms with E-state index in [0.717, 1.165) is 26.3 Å². The van der Waals surface area contributed by atoms with Crippen LogP contribution in [0.3, 0.4) is 0 Å². The van der Waals surface area contributed by atoms with Crippen molar-refractivity contribution in [3.05, 3.63) is 50.1 Å². The first-order chi connectivity index (χ1) is 10.1. The Kier molecular flexibility index (Phi) is 6.00. The molecule has 112 valence electrons. The lowest BCUT2D eigenvalue weighted by molar-refractivity contribution is 0.103. The van der Waals surface area contributed by atoms with Crippen molar-refractivity contribution in [2.45, 2.75) is 39.5 Å². The maximum atomic E-state index is 12.2. The molecule has 0 radical (unpaired) electrons. The van der Waals surface area contributed by atoms with Crippen molar-refractivity contribution in [1.82, 2.24) is 0 Å². The standard InChI is InChI=1S/C17H20BrNOS/c1-3-4-5-6-13-7-9-14(10-8-13)19-17(20)15-11-12(2)16(18)21-15/h7-11H,3-6H2,1-2H3,(H,19,20). The van der Waals surface area contributed by atoms with Gasteiger partial charge in [0.05, 0.1) is 8.66 Å². The quantitative estimate of drug-likeness (QED) is 0.643. The van der Waals surface area contributed by atoms with Gasteiger partial charge in [-0.1, -0.05) is 31.9 Å². The molecule has 1 N–H and O–H groups in total. The zero-order valence-electron chi connectivity index (χ0n) is 12.4. The molecule has 2 rings (SSSR count). The normalized spacial score (nSPS) is 10.6. The van der Waals surface area contributed by atoms with Gasteiger partial charge in [-0.2, -0.15) is 0 Å². The predicted molar refractivity (Wildman–Crippen MR) is 94.4 cm³/mol. The lowest BCUT2D eigenvalue weighted by atomic mass is 10.1. The van der Waals surface area contributed by atoms with Gasteiger partial charge in [0.25, 0.3) is 5.91 Å². The van der Waals surface area contributed by atoms with Crippen molar-refractivity contribution >= 4 is 38.9 Å². The second-order valence-corrected chi connectivity index (χ2v) is 7.55. The van der Waals surface area contributed by atoms with Crippen LogP contribution in [0.2, 0.25) is 0 Å². The number of rotatable bonds is 6. The maximum absolute atomic E-state index is 12.2. The maximum Gasteiger partial charge on any atom is 0.265 e. The van der Waals surface area contributed by atoms with E-state index in [-0.39, 0.29) is 5.91 Å². The van der Waals surface area contributed by atoms with Gasteiger partial charge >= 0.3 is 0 Å². The molecular formula is C17H20BrNOS. The van der Waals surface area contributed by atoms with Gasteiger partial charge in [0.15, 0.2) is 0 Å². The first-order valence-corrected chi connectivity index (χ1v) is 8.87. The molecule has 1 aromatic carbocycles. The van der Waals surface area contributed by atoms with Crippen LogP contribution in [-0.4, -0.2) is 5.91 Å². The topological polar surface area (TPSA) is 29.1 Å². The number of anilines is 1. The molecule has 1 amide bonds. The predicted octanol–water partition coefficient (Wildman–Crippen LogP) is 5.80. The second kappa shape index (κ2) is 7.76. The summed E-state index contributed by atoms with van der Waals surface area (Å²) in [5, 5.41) is 2.94. The minimum Gasteiger partial charge on any atom is -0.321 e. The zero-order chi connectivity index (χ0) is 15.2. The molecule has 0 bridgehead atoms. The lowest BCUT2D eigenvalue weighted by Gasteiger charge is -2.05. The summed E-state index contributed by atoms with van der Waals surface area (Å²) in [5.74, 6) is -0.0486. The lowest BCUT2D eigenvalue weighted by Crippen LogP contribution is -2.10. The van der Waals surface area contributed by atoms with Crippen molar-refractivity contribution in [1.29, 1.82) is 0 Å². The number of aryl methyl sites for hydroxylation is 2. The van der Waals surface area contributed by atoms with E-state index in [0.29, 0.717) is 0 Å². The van der Waals surface area contributed by atoms with Gasteiger partial charge < -0.3 is 5.32 Å². The number of hydrogen-bond acceptors (Lipinski definition) is 2. The third-order valence-corrected chi connectivity index (χ3v) is 5.50. The fourth-order valence-corrected chi connectivity index (χ4v) is 3.53. The van der Waals surface area contributed by atoms with E-state index >= 15 is 0 Å². The molecule has 0 unspecified atom stereocenters. The van der Waals surface area contributed by atoms with Gasteiger partial charge in [-0.3, -0.25) is 4.79 Å². The fraction of sp³-hybridized carbons (Fsp3) is 0.353. The number of unbranched alkanes of at least 4 members (excludes halogenated alkanes) is 2. The van der Waals surface area contributed by atoms with Crippen LogP contribution in [0.5, 0.6) is 0 Å². The third kappa shape index (κ3) is 4.68. The number of nitrogens with one attached hydrogen (secondary N) is 1. The van der Waals surface area contributed by atoms with Crippen LogP contribution < -0.4 is 5.32 Å². The first kappa shape index (κ1) is 16.2. The Morgan fingerprint density at radius 3 is 2.52 bits per heavy atom. The summed E-state index contributed by atoms with van der Waals surface area (Å²) in [7, 11) is 0. The van der Waals surface area contributed by atoms with E-state index in [9.17, 15) is 4.79 Å². The average molecular weight is 366 g/mol. The molecule has 0 aliphatic carbocycles. The average Bonchev–Trinajstić information content (AvgIpc) is 2.81. The van der Waals surface area contributed by atoms with Gasteiger partial charge in [-0.15, -0.1) is 11.3 Å². The number of amides is 1. The Morgan fingerprint density at radius 2 is 1.95 bits per heavy atom. The number of thiophene rings is 1. The number of carbonyl (C=O) groups is 1. The highest BCUT2D eigenvalue weighted by atomic mass is 79.9. The molecule has 0 spiro atoms. The van der Waals surface area contributed by atoms with Gasteiger partial charge in [0, 0.05) is 5.69 Å². The van der Waals surface area contributed by atoms with E-state index in [1.54, 1.807) is 0 Å². The molecule has 0 saturated carbocycles. The van der Waals surface area contributed by atoms with Crippen molar-refractivity contribution in [2.75, 3.05) is 5.32 Å². The highest BCUT2D eigenvalue weighted by Gasteiger charge is 2.11. The van der Waals surface area contributed by atoms with Crippen molar-refractivity contribution in [2.24, 2.45) is 0 Å². The Labute approximate surface area is 138 Å². The van der Waals surface area contributed by atoms with Gasteiger partial charge in [0.1, 0.15) is 0 Å². The first-order valence-electron chi connectivity index (χ1n) is 7.26. The molecule has 1 heterocycles. The van der Waals surface area contributed by atoms with Crippen LogP contribution >= 0.6 is 27.3 Å². The fourth-order valence-electron chi connectivity index (χ4n) is 2.10. The monoisotopic (exact) mass is 365 g/mol.